The summed E-state index contributed by atoms with van der Waals surface area (Å²) in [6.07, 6.45) is 8.04. The summed E-state index contributed by atoms with van der Waals surface area (Å²) in [5.41, 5.74) is 2.13. The first-order valence-electron chi connectivity index (χ1n) is 6.08. The molecule has 1 aliphatic carbocycles. The second-order valence-electron chi connectivity index (χ2n) is 4.53. The molecule has 1 aliphatic rings. The maximum Gasteiger partial charge on any atom is 0.185 e. The van der Waals surface area contributed by atoms with Crippen LogP contribution in [0.3, 0.4) is 0 Å². The first kappa shape index (κ1) is 11.1. The van der Waals surface area contributed by atoms with Gasteiger partial charge in [-0.05, 0) is 30.4 Å². The smallest absolute Gasteiger partial charge is 0.185 e. The molecule has 0 aliphatic heterocycles. The standard InChI is InChI=1S/C15H18O/c1-2-15(16)14-10-8-13(9-11-14)12-6-4-3-5-7-12/h2,8-12H,1,3-7H2. The summed E-state index contributed by atoms with van der Waals surface area (Å²) in [7, 11) is 0. The zero-order chi connectivity index (χ0) is 11.4. The number of hydrogen-bond acceptors (Lipinski definition) is 1. The number of carbonyl (C=O) groups is 1. The van der Waals surface area contributed by atoms with Gasteiger partial charge in [-0.3, -0.25) is 4.79 Å². The van der Waals surface area contributed by atoms with Crippen molar-refractivity contribution in [3.05, 3.63) is 48.0 Å². The SMILES string of the molecule is C=CC(=O)c1ccc(C2CCCCC2)cc1. The molecule has 0 aromatic heterocycles. The lowest BCUT2D eigenvalue weighted by atomic mass is 9.84. The molecule has 84 valence electrons. The molecule has 0 N–H and O–H groups in total. The van der Waals surface area contributed by atoms with Crippen LogP contribution in [0.1, 0.15) is 53.9 Å². The van der Waals surface area contributed by atoms with Gasteiger partial charge in [-0.2, -0.15) is 0 Å². The third-order valence-electron chi connectivity index (χ3n) is 3.46. The molecular formula is C15H18O. The van der Waals surface area contributed by atoms with Gasteiger partial charge in [-0.25, -0.2) is 0 Å². The minimum atomic E-state index is 0.00944. The van der Waals surface area contributed by atoms with Gasteiger partial charge in [0.1, 0.15) is 0 Å². The zero-order valence-corrected chi connectivity index (χ0v) is 9.61. The topological polar surface area (TPSA) is 17.1 Å². The van der Waals surface area contributed by atoms with Gasteiger partial charge in [-0.15, -0.1) is 0 Å². The fourth-order valence-corrected chi connectivity index (χ4v) is 2.47. The van der Waals surface area contributed by atoms with E-state index in [-0.39, 0.29) is 5.78 Å². The summed E-state index contributed by atoms with van der Waals surface area (Å²) in [5, 5.41) is 0. The highest BCUT2D eigenvalue weighted by molar-refractivity contribution is 6.04. The highest BCUT2D eigenvalue weighted by atomic mass is 16.1. The molecule has 0 radical (unpaired) electrons. The van der Waals surface area contributed by atoms with E-state index >= 15 is 0 Å². The number of carbonyl (C=O) groups excluding carboxylic acids is 1. The highest BCUT2D eigenvalue weighted by Gasteiger charge is 2.15. The van der Waals surface area contributed by atoms with Gasteiger partial charge in [0, 0.05) is 5.56 Å². The third kappa shape index (κ3) is 2.41. The summed E-state index contributed by atoms with van der Waals surface area (Å²) >= 11 is 0. The number of hydrogen-bond donors (Lipinski definition) is 0. The van der Waals surface area contributed by atoms with Gasteiger partial charge in [0.05, 0.1) is 0 Å². The quantitative estimate of drug-likeness (QED) is 0.547. The van der Waals surface area contributed by atoms with E-state index in [9.17, 15) is 4.79 Å². The van der Waals surface area contributed by atoms with Crippen molar-refractivity contribution in [2.24, 2.45) is 0 Å². The number of benzene rings is 1. The van der Waals surface area contributed by atoms with Crippen LogP contribution in [0.5, 0.6) is 0 Å². The van der Waals surface area contributed by atoms with Crippen LogP contribution in [0.15, 0.2) is 36.9 Å². The number of allylic oxidation sites excluding steroid dienone is 1. The lowest BCUT2D eigenvalue weighted by molar-refractivity contribution is 0.104. The van der Waals surface area contributed by atoms with Crippen LogP contribution in [-0.2, 0) is 0 Å². The molecule has 1 aromatic rings. The molecule has 2 rings (SSSR count). The number of ketones is 1. The second kappa shape index (κ2) is 5.11. The Labute approximate surface area is 97.2 Å². The number of rotatable bonds is 3. The molecule has 1 saturated carbocycles. The molecule has 0 atom stereocenters. The normalized spacial score (nSPS) is 17.0. The van der Waals surface area contributed by atoms with E-state index in [1.54, 1.807) is 0 Å². The van der Waals surface area contributed by atoms with Crippen molar-refractivity contribution < 1.29 is 4.79 Å². The van der Waals surface area contributed by atoms with Gasteiger partial charge < -0.3 is 0 Å². The molecule has 0 bridgehead atoms. The van der Waals surface area contributed by atoms with E-state index in [0.29, 0.717) is 5.92 Å². The molecule has 1 nitrogen and oxygen atoms in total. The minimum Gasteiger partial charge on any atom is -0.289 e. The third-order valence-corrected chi connectivity index (χ3v) is 3.46. The van der Waals surface area contributed by atoms with Crippen LogP contribution in [0, 0.1) is 0 Å². The van der Waals surface area contributed by atoms with Crippen LogP contribution in [0.25, 0.3) is 0 Å². The molecular weight excluding hydrogens is 196 g/mol. The Morgan fingerprint density at radius 1 is 1.12 bits per heavy atom. The van der Waals surface area contributed by atoms with Crippen LogP contribution in [-0.4, -0.2) is 5.78 Å². The Morgan fingerprint density at radius 2 is 1.75 bits per heavy atom. The minimum absolute atomic E-state index is 0.00944. The lowest BCUT2D eigenvalue weighted by Gasteiger charge is -2.21. The molecule has 1 fully saturated rings. The van der Waals surface area contributed by atoms with Crippen LogP contribution < -0.4 is 0 Å². The maximum atomic E-state index is 11.4. The highest BCUT2D eigenvalue weighted by Crippen LogP contribution is 2.32. The largest absolute Gasteiger partial charge is 0.289 e. The molecule has 1 heteroatoms. The van der Waals surface area contributed by atoms with Gasteiger partial charge in [0.15, 0.2) is 5.78 Å². The van der Waals surface area contributed by atoms with E-state index in [1.807, 2.05) is 12.1 Å². The Kier molecular flexibility index (Phi) is 3.55. The predicted octanol–water partition coefficient (Wildman–Crippen LogP) is 4.10. The Bertz CT molecular complexity index is 369. The van der Waals surface area contributed by atoms with E-state index in [1.165, 1.54) is 43.7 Å². The lowest BCUT2D eigenvalue weighted by Crippen LogP contribution is -2.04. The van der Waals surface area contributed by atoms with Crippen LogP contribution >= 0.6 is 0 Å². The van der Waals surface area contributed by atoms with Gasteiger partial charge >= 0.3 is 0 Å². The molecule has 16 heavy (non-hydrogen) atoms. The van der Waals surface area contributed by atoms with Gasteiger partial charge in [0.2, 0.25) is 0 Å². The molecule has 0 amide bonds. The summed E-state index contributed by atoms with van der Waals surface area (Å²) in [4.78, 5) is 11.4. The molecule has 0 heterocycles. The van der Waals surface area contributed by atoms with Crippen LogP contribution in [0.2, 0.25) is 0 Å². The molecule has 0 spiro atoms. The Balaban J connectivity index is 2.11. The summed E-state index contributed by atoms with van der Waals surface area (Å²) in [6, 6.07) is 8.06. The Hall–Kier alpha value is -1.37. The van der Waals surface area contributed by atoms with Crippen molar-refractivity contribution in [1.82, 2.24) is 0 Å². The molecule has 1 aromatic carbocycles. The van der Waals surface area contributed by atoms with Crippen LogP contribution in [0.4, 0.5) is 0 Å². The summed E-state index contributed by atoms with van der Waals surface area (Å²) < 4.78 is 0. The Morgan fingerprint density at radius 3 is 2.31 bits per heavy atom. The van der Waals surface area contributed by atoms with Crippen molar-refractivity contribution in [3.8, 4) is 0 Å². The van der Waals surface area contributed by atoms with E-state index in [2.05, 4.69) is 18.7 Å². The predicted molar refractivity (Wildman–Crippen MR) is 66.8 cm³/mol. The first-order valence-corrected chi connectivity index (χ1v) is 6.08. The monoisotopic (exact) mass is 214 g/mol. The molecule has 0 unspecified atom stereocenters. The second-order valence-corrected chi connectivity index (χ2v) is 4.53. The van der Waals surface area contributed by atoms with Crippen molar-refractivity contribution in [1.29, 1.82) is 0 Å². The zero-order valence-electron chi connectivity index (χ0n) is 9.61. The first-order chi connectivity index (χ1) is 7.81. The maximum absolute atomic E-state index is 11.4. The van der Waals surface area contributed by atoms with Crippen molar-refractivity contribution in [3.63, 3.8) is 0 Å². The summed E-state index contributed by atoms with van der Waals surface area (Å²) in [6.45, 7) is 3.50. The van der Waals surface area contributed by atoms with Crippen molar-refractivity contribution in [2.45, 2.75) is 38.0 Å². The fraction of sp³-hybridized carbons (Fsp3) is 0.400. The van der Waals surface area contributed by atoms with E-state index in [4.69, 9.17) is 0 Å². The average molecular weight is 214 g/mol. The van der Waals surface area contributed by atoms with Crippen molar-refractivity contribution in [2.75, 3.05) is 0 Å². The average Bonchev–Trinajstić information content (AvgIpc) is 2.39. The van der Waals surface area contributed by atoms with E-state index in [0.717, 1.165) is 5.56 Å². The van der Waals surface area contributed by atoms with Gasteiger partial charge in [0.25, 0.3) is 0 Å². The van der Waals surface area contributed by atoms with E-state index < -0.39 is 0 Å². The summed E-state index contributed by atoms with van der Waals surface area (Å²) in [5.74, 6) is 0.719. The fourth-order valence-electron chi connectivity index (χ4n) is 2.47. The van der Waals surface area contributed by atoms with Crippen molar-refractivity contribution >= 4 is 5.78 Å². The van der Waals surface area contributed by atoms with Gasteiger partial charge in [-0.1, -0.05) is 50.1 Å². The molecule has 0 saturated heterocycles.